The summed E-state index contributed by atoms with van der Waals surface area (Å²) in [7, 11) is 0. The molecule has 1 fully saturated rings. The third-order valence-corrected chi connectivity index (χ3v) is 4.84. The van der Waals surface area contributed by atoms with Crippen LogP contribution < -0.4 is 5.32 Å². The zero-order valence-corrected chi connectivity index (χ0v) is 16.3. The molecule has 1 aromatic carbocycles. The third-order valence-electron chi connectivity index (χ3n) is 4.84. The van der Waals surface area contributed by atoms with E-state index in [2.05, 4.69) is 10.2 Å². The second-order valence-corrected chi connectivity index (χ2v) is 6.61. The Bertz CT molecular complexity index is 702. The molecule has 0 aromatic heterocycles. The summed E-state index contributed by atoms with van der Waals surface area (Å²) in [6.07, 6.45) is 1.52. The van der Waals surface area contributed by atoms with Crippen molar-refractivity contribution < 1.29 is 19.1 Å². The molecular weight excluding hydrogens is 370 g/mol. The SMILES string of the molecule is CCOC(=O)CCN1CCN(C(=O)c2ccc3c(c2)CCC(=O)N3)CC1.Cl. The van der Waals surface area contributed by atoms with Gasteiger partial charge in [-0.15, -0.1) is 12.4 Å². The molecule has 2 amide bonds. The maximum atomic E-state index is 12.8. The zero-order valence-electron chi connectivity index (χ0n) is 15.5. The summed E-state index contributed by atoms with van der Waals surface area (Å²) in [5, 5.41) is 2.84. The highest BCUT2D eigenvalue weighted by Gasteiger charge is 2.24. The number of amides is 2. The molecule has 0 bridgehead atoms. The minimum absolute atomic E-state index is 0. The topological polar surface area (TPSA) is 79.0 Å². The average molecular weight is 396 g/mol. The molecule has 1 N–H and O–H groups in total. The number of nitrogens with one attached hydrogen (secondary N) is 1. The van der Waals surface area contributed by atoms with Gasteiger partial charge in [0, 0.05) is 50.4 Å². The van der Waals surface area contributed by atoms with Crippen LogP contribution in [0.4, 0.5) is 5.69 Å². The number of aryl methyl sites for hydroxylation is 1. The van der Waals surface area contributed by atoms with Gasteiger partial charge >= 0.3 is 5.97 Å². The maximum absolute atomic E-state index is 12.8. The Morgan fingerprint density at radius 3 is 2.59 bits per heavy atom. The molecule has 0 aliphatic carbocycles. The van der Waals surface area contributed by atoms with Crippen LogP contribution in [0, 0.1) is 0 Å². The van der Waals surface area contributed by atoms with Crippen molar-refractivity contribution in [2.75, 3.05) is 44.6 Å². The second-order valence-electron chi connectivity index (χ2n) is 6.61. The lowest BCUT2D eigenvalue weighted by molar-refractivity contribution is -0.143. The molecule has 1 aromatic rings. The van der Waals surface area contributed by atoms with E-state index in [9.17, 15) is 14.4 Å². The van der Waals surface area contributed by atoms with Crippen molar-refractivity contribution in [1.29, 1.82) is 0 Å². The summed E-state index contributed by atoms with van der Waals surface area (Å²) < 4.78 is 4.95. The normalized spacial score (nSPS) is 16.8. The minimum atomic E-state index is -0.174. The first-order chi connectivity index (χ1) is 12.6. The van der Waals surface area contributed by atoms with Crippen molar-refractivity contribution in [2.24, 2.45) is 0 Å². The van der Waals surface area contributed by atoms with E-state index in [0.29, 0.717) is 51.1 Å². The van der Waals surface area contributed by atoms with E-state index >= 15 is 0 Å². The van der Waals surface area contributed by atoms with Crippen LogP contribution in [0.2, 0.25) is 0 Å². The molecule has 0 spiro atoms. The summed E-state index contributed by atoms with van der Waals surface area (Å²) in [4.78, 5) is 39.7. The molecular formula is C19H26ClN3O4. The highest BCUT2D eigenvalue weighted by Crippen LogP contribution is 2.24. The van der Waals surface area contributed by atoms with Gasteiger partial charge in [0.1, 0.15) is 0 Å². The van der Waals surface area contributed by atoms with Crippen LogP contribution in [0.3, 0.4) is 0 Å². The van der Waals surface area contributed by atoms with Gasteiger partial charge in [0.2, 0.25) is 5.91 Å². The van der Waals surface area contributed by atoms with Crippen LogP contribution in [-0.4, -0.2) is 66.9 Å². The van der Waals surface area contributed by atoms with E-state index in [-0.39, 0.29) is 30.2 Å². The number of hydrogen-bond acceptors (Lipinski definition) is 5. The van der Waals surface area contributed by atoms with Gasteiger partial charge in [-0.1, -0.05) is 0 Å². The Hall–Kier alpha value is -2.12. The van der Waals surface area contributed by atoms with E-state index in [0.717, 1.165) is 24.3 Å². The quantitative estimate of drug-likeness (QED) is 0.768. The lowest BCUT2D eigenvalue weighted by Crippen LogP contribution is -2.49. The average Bonchev–Trinajstić information content (AvgIpc) is 2.66. The molecule has 0 radical (unpaired) electrons. The predicted molar refractivity (Wildman–Crippen MR) is 104 cm³/mol. The molecule has 0 saturated carbocycles. The van der Waals surface area contributed by atoms with Gasteiger partial charge in [0.05, 0.1) is 13.0 Å². The number of rotatable bonds is 5. The second kappa shape index (κ2) is 9.71. The Kier molecular flexibility index (Phi) is 7.62. The summed E-state index contributed by atoms with van der Waals surface area (Å²) in [5.74, 6) is -0.127. The van der Waals surface area contributed by atoms with Crippen LogP contribution in [-0.2, 0) is 20.7 Å². The number of piperazine rings is 1. The van der Waals surface area contributed by atoms with Gasteiger partial charge in [-0.25, -0.2) is 0 Å². The van der Waals surface area contributed by atoms with E-state index in [4.69, 9.17) is 4.74 Å². The molecule has 1 saturated heterocycles. The first-order valence-electron chi connectivity index (χ1n) is 9.17. The Labute approximate surface area is 165 Å². The smallest absolute Gasteiger partial charge is 0.307 e. The summed E-state index contributed by atoms with van der Waals surface area (Å²) in [6.45, 7) is 5.69. The Balaban J connectivity index is 0.00000261. The molecule has 2 aliphatic rings. The van der Waals surface area contributed by atoms with Crippen LogP contribution in [0.5, 0.6) is 0 Å². The lowest BCUT2D eigenvalue weighted by atomic mass is 10.00. The number of ether oxygens (including phenoxy) is 1. The Morgan fingerprint density at radius 1 is 1.15 bits per heavy atom. The fourth-order valence-corrected chi connectivity index (χ4v) is 3.36. The van der Waals surface area contributed by atoms with Crippen LogP contribution >= 0.6 is 12.4 Å². The number of carbonyl (C=O) groups is 3. The van der Waals surface area contributed by atoms with E-state index < -0.39 is 0 Å². The fraction of sp³-hybridized carbons (Fsp3) is 0.526. The van der Waals surface area contributed by atoms with E-state index in [1.165, 1.54) is 0 Å². The number of esters is 1. The minimum Gasteiger partial charge on any atom is -0.466 e. The summed E-state index contributed by atoms with van der Waals surface area (Å²) in [5.41, 5.74) is 2.49. The van der Waals surface area contributed by atoms with Crippen molar-refractivity contribution in [3.63, 3.8) is 0 Å². The molecule has 3 rings (SSSR count). The molecule has 27 heavy (non-hydrogen) atoms. The monoisotopic (exact) mass is 395 g/mol. The molecule has 0 unspecified atom stereocenters. The largest absolute Gasteiger partial charge is 0.466 e. The van der Waals surface area contributed by atoms with Crippen molar-refractivity contribution in [2.45, 2.75) is 26.2 Å². The lowest BCUT2D eigenvalue weighted by Gasteiger charge is -2.34. The van der Waals surface area contributed by atoms with Gasteiger partial charge < -0.3 is 15.0 Å². The predicted octanol–water partition coefficient (Wildman–Crippen LogP) is 1.70. The van der Waals surface area contributed by atoms with Gasteiger partial charge in [0.25, 0.3) is 5.91 Å². The van der Waals surface area contributed by atoms with Crippen molar-refractivity contribution >= 4 is 35.9 Å². The standard InChI is InChI=1S/C19H25N3O4.ClH/c1-2-26-18(24)7-8-21-9-11-22(12-10-21)19(25)15-3-5-16-14(13-15)4-6-17(23)20-16;/h3,5,13H,2,4,6-12H2,1H3,(H,20,23);1H. The number of carbonyl (C=O) groups excluding carboxylic acids is 3. The first kappa shape index (κ1) is 21.2. The fourth-order valence-electron chi connectivity index (χ4n) is 3.36. The zero-order chi connectivity index (χ0) is 18.5. The molecule has 8 heteroatoms. The molecule has 148 valence electrons. The van der Waals surface area contributed by atoms with Crippen LogP contribution in [0.25, 0.3) is 0 Å². The van der Waals surface area contributed by atoms with E-state index in [1.807, 2.05) is 17.0 Å². The maximum Gasteiger partial charge on any atom is 0.307 e. The summed E-state index contributed by atoms with van der Waals surface area (Å²) in [6, 6.07) is 5.49. The van der Waals surface area contributed by atoms with Gasteiger partial charge in [-0.3, -0.25) is 19.3 Å². The highest BCUT2D eigenvalue weighted by molar-refractivity contribution is 5.98. The third kappa shape index (κ3) is 5.43. The molecule has 7 nitrogen and oxygen atoms in total. The van der Waals surface area contributed by atoms with Crippen LogP contribution in [0.15, 0.2) is 18.2 Å². The van der Waals surface area contributed by atoms with E-state index in [1.54, 1.807) is 13.0 Å². The summed E-state index contributed by atoms with van der Waals surface area (Å²) >= 11 is 0. The molecule has 2 aliphatic heterocycles. The number of fused-ring (bicyclic) bond motifs is 1. The number of hydrogen-bond donors (Lipinski definition) is 1. The Morgan fingerprint density at radius 2 is 1.89 bits per heavy atom. The number of benzene rings is 1. The van der Waals surface area contributed by atoms with Gasteiger partial charge in [-0.05, 0) is 37.1 Å². The van der Waals surface area contributed by atoms with Crippen LogP contribution in [0.1, 0.15) is 35.7 Å². The number of nitrogens with zero attached hydrogens (tertiary/aromatic N) is 2. The first-order valence-corrected chi connectivity index (χ1v) is 9.17. The van der Waals surface area contributed by atoms with Gasteiger partial charge in [0.15, 0.2) is 0 Å². The molecule has 0 atom stereocenters. The highest BCUT2D eigenvalue weighted by atomic mass is 35.5. The van der Waals surface area contributed by atoms with Gasteiger partial charge in [-0.2, -0.15) is 0 Å². The van der Waals surface area contributed by atoms with Crippen molar-refractivity contribution in [3.8, 4) is 0 Å². The number of anilines is 1. The van der Waals surface area contributed by atoms with Crippen molar-refractivity contribution in [1.82, 2.24) is 9.80 Å². The number of halogens is 1. The molecule has 2 heterocycles. The van der Waals surface area contributed by atoms with Crippen molar-refractivity contribution in [3.05, 3.63) is 29.3 Å².